The largest absolute Gasteiger partial charge is 0.490 e. The van der Waals surface area contributed by atoms with E-state index in [1.807, 2.05) is 36.9 Å². The van der Waals surface area contributed by atoms with E-state index in [1.165, 1.54) is 0 Å². The highest BCUT2D eigenvalue weighted by atomic mass is 16.5. The highest BCUT2D eigenvalue weighted by Gasteiger charge is 2.23. The molecule has 0 atom stereocenters. The van der Waals surface area contributed by atoms with E-state index in [-0.39, 0.29) is 24.5 Å². The van der Waals surface area contributed by atoms with Gasteiger partial charge in [0.2, 0.25) is 5.91 Å². The lowest BCUT2D eigenvalue weighted by Gasteiger charge is -2.32. The summed E-state index contributed by atoms with van der Waals surface area (Å²) < 4.78 is 11.1. The molecule has 0 bridgehead atoms. The molecule has 0 saturated carbocycles. The standard InChI is InChI=1S/C19H28N2O4/c1-3-7-19(23)21-12-10-15(11-13-21)20-18(22)14-25-17-9-6-5-8-16(17)24-4-2/h5-6,8-9,15H,3-4,7,10-14H2,1-2H3,(H,20,22). The zero-order valence-electron chi connectivity index (χ0n) is 15.1. The number of para-hydroxylation sites is 2. The van der Waals surface area contributed by atoms with Gasteiger partial charge in [0.15, 0.2) is 18.1 Å². The molecule has 0 aliphatic carbocycles. The van der Waals surface area contributed by atoms with E-state index in [4.69, 9.17) is 9.47 Å². The fourth-order valence-corrected chi connectivity index (χ4v) is 2.90. The van der Waals surface area contributed by atoms with Gasteiger partial charge < -0.3 is 19.7 Å². The van der Waals surface area contributed by atoms with Crippen LogP contribution in [0.15, 0.2) is 24.3 Å². The number of amides is 2. The Morgan fingerprint density at radius 1 is 1.12 bits per heavy atom. The minimum absolute atomic E-state index is 0.0426. The summed E-state index contributed by atoms with van der Waals surface area (Å²) in [5.74, 6) is 1.27. The highest BCUT2D eigenvalue weighted by molar-refractivity contribution is 5.78. The van der Waals surface area contributed by atoms with Gasteiger partial charge in [-0.3, -0.25) is 9.59 Å². The topological polar surface area (TPSA) is 67.9 Å². The Morgan fingerprint density at radius 3 is 2.36 bits per heavy atom. The molecule has 0 aromatic heterocycles. The predicted molar refractivity (Wildman–Crippen MR) is 95.8 cm³/mol. The summed E-state index contributed by atoms with van der Waals surface area (Å²) in [5.41, 5.74) is 0. The minimum atomic E-state index is -0.148. The van der Waals surface area contributed by atoms with Gasteiger partial charge in [-0.25, -0.2) is 0 Å². The van der Waals surface area contributed by atoms with Gasteiger partial charge in [0.05, 0.1) is 6.61 Å². The van der Waals surface area contributed by atoms with E-state index < -0.39 is 0 Å². The van der Waals surface area contributed by atoms with Gasteiger partial charge in [-0.15, -0.1) is 0 Å². The molecule has 1 fully saturated rings. The van der Waals surface area contributed by atoms with Crippen molar-refractivity contribution in [2.24, 2.45) is 0 Å². The number of benzene rings is 1. The lowest BCUT2D eigenvalue weighted by Crippen LogP contribution is -2.47. The Balaban J connectivity index is 1.74. The number of ether oxygens (including phenoxy) is 2. The lowest BCUT2D eigenvalue weighted by atomic mass is 10.0. The molecular formula is C19H28N2O4. The number of nitrogens with zero attached hydrogens (tertiary/aromatic N) is 1. The number of piperidine rings is 1. The smallest absolute Gasteiger partial charge is 0.258 e. The van der Waals surface area contributed by atoms with Gasteiger partial charge >= 0.3 is 0 Å². The number of likely N-dealkylation sites (tertiary alicyclic amines) is 1. The first-order valence-corrected chi connectivity index (χ1v) is 9.05. The molecule has 0 unspecified atom stereocenters. The maximum atomic E-state index is 12.1. The van der Waals surface area contributed by atoms with Crippen LogP contribution in [-0.4, -0.2) is 49.1 Å². The molecule has 6 heteroatoms. The van der Waals surface area contributed by atoms with Crippen LogP contribution in [0, 0.1) is 0 Å². The normalized spacial score (nSPS) is 14.9. The first-order chi connectivity index (χ1) is 12.1. The summed E-state index contributed by atoms with van der Waals surface area (Å²) in [6, 6.07) is 7.42. The Morgan fingerprint density at radius 2 is 1.76 bits per heavy atom. The molecule has 1 heterocycles. The zero-order chi connectivity index (χ0) is 18.1. The van der Waals surface area contributed by atoms with Crippen LogP contribution in [-0.2, 0) is 9.59 Å². The molecule has 1 aliphatic rings. The summed E-state index contributed by atoms with van der Waals surface area (Å²) in [7, 11) is 0. The third-order valence-corrected chi connectivity index (χ3v) is 4.18. The van der Waals surface area contributed by atoms with Crippen LogP contribution in [0.25, 0.3) is 0 Å². The Labute approximate surface area is 149 Å². The molecule has 1 N–H and O–H groups in total. The van der Waals surface area contributed by atoms with Crippen LogP contribution in [0.1, 0.15) is 39.5 Å². The number of carbonyl (C=O) groups excluding carboxylic acids is 2. The number of hydrogen-bond acceptors (Lipinski definition) is 4. The first-order valence-electron chi connectivity index (χ1n) is 9.05. The molecule has 6 nitrogen and oxygen atoms in total. The van der Waals surface area contributed by atoms with E-state index in [9.17, 15) is 9.59 Å². The monoisotopic (exact) mass is 348 g/mol. The van der Waals surface area contributed by atoms with Crippen molar-refractivity contribution in [3.63, 3.8) is 0 Å². The molecule has 0 spiro atoms. The summed E-state index contributed by atoms with van der Waals surface area (Å²) in [5, 5.41) is 2.99. The molecule has 1 aromatic carbocycles. The number of carbonyl (C=O) groups is 2. The Kier molecular flexibility index (Phi) is 7.57. The minimum Gasteiger partial charge on any atom is -0.490 e. The fourth-order valence-electron chi connectivity index (χ4n) is 2.90. The van der Waals surface area contributed by atoms with Crippen molar-refractivity contribution >= 4 is 11.8 Å². The summed E-state index contributed by atoms with van der Waals surface area (Å²) in [6.45, 7) is 5.83. The highest BCUT2D eigenvalue weighted by Crippen LogP contribution is 2.26. The fraction of sp³-hybridized carbons (Fsp3) is 0.579. The van der Waals surface area contributed by atoms with E-state index in [0.29, 0.717) is 37.6 Å². The van der Waals surface area contributed by atoms with E-state index in [0.717, 1.165) is 19.3 Å². The average molecular weight is 348 g/mol. The second-order valence-corrected chi connectivity index (χ2v) is 6.14. The van der Waals surface area contributed by atoms with Crippen molar-refractivity contribution in [2.45, 2.75) is 45.6 Å². The SMILES string of the molecule is CCCC(=O)N1CCC(NC(=O)COc2ccccc2OCC)CC1. The molecule has 2 rings (SSSR count). The van der Waals surface area contributed by atoms with Gasteiger partial charge in [-0.2, -0.15) is 0 Å². The van der Waals surface area contributed by atoms with Crippen molar-refractivity contribution in [1.82, 2.24) is 10.2 Å². The molecule has 1 aliphatic heterocycles. The molecule has 0 radical (unpaired) electrons. The molecule has 25 heavy (non-hydrogen) atoms. The maximum absolute atomic E-state index is 12.1. The van der Waals surface area contributed by atoms with Gasteiger partial charge in [-0.05, 0) is 38.3 Å². The van der Waals surface area contributed by atoms with Crippen molar-refractivity contribution in [2.75, 3.05) is 26.3 Å². The third kappa shape index (κ3) is 5.96. The van der Waals surface area contributed by atoms with Gasteiger partial charge in [0.25, 0.3) is 5.91 Å². The van der Waals surface area contributed by atoms with Crippen LogP contribution in [0.4, 0.5) is 0 Å². The second-order valence-electron chi connectivity index (χ2n) is 6.14. The zero-order valence-corrected chi connectivity index (χ0v) is 15.1. The van der Waals surface area contributed by atoms with Crippen LogP contribution >= 0.6 is 0 Å². The van der Waals surface area contributed by atoms with Gasteiger partial charge in [-0.1, -0.05) is 19.1 Å². The van der Waals surface area contributed by atoms with E-state index in [1.54, 1.807) is 6.07 Å². The third-order valence-electron chi connectivity index (χ3n) is 4.18. The molecule has 1 aromatic rings. The van der Waals surface area contributed by atoms with Crippen LogP contribution in [0.3, 0.4) is 0 Å². The van der Waals surface area contributed by atoms with Crippen LogP contribution < -0.4 is 14.8 Å². The summed E-state index contributed by atoms with van der Waals surface area (Å²) >= 11 is 0. The molecule has 2 amide bonds. The molecular weight excluding hydrogens is 320 g/mol. The van der Waals surface area contributed by atoms with Crippen LogP contribution in [0.2, 0.25) is 0 Å². The number of nitrogens with one attached hydrogen (secondary N) is 1. The summed E-state index contributed by atoms with van der Waals surface area (Å²) in [6.07, 6.45) is 3.05. The molecule has 138 valence electrons. The average Bonchev–Trinajstić information content (AvgIpc) is 2.62. The van der Waals surface area contributed by atoms with Crippen LogP contribution in [0.5, 0.6) is 11.5 Å². The van der Waals surface area contributed by atoms with Crippen molar-refractivity contribution in [3.05, 3.63) is 24.3 Å². The van der Waals surface area contributed by atoms with Crippen molar-refractivity contribution < 1.29 is 19.1 Å². The van der Waals surface area contributed by atoms with Gasteiger partial charge in [0, 0.05) is 25.6 Å². The van der Waals surface area contributed by atoms with E-state index in [2.05, 4.69) is 5.32 Å². The predicted octanol–water partition coefficient (Wildman–Crippen LogP) is 2.37. The van der Waals surface area contributed by atoms with Gasteiger partial charge in [0.1, 0.15) is 0 Å². The summed E-state index contributed by atoms with van der Waals surface area (Å²) in [4.78, 5) is 25.9. The Bertz CT molecular complexity index is 568. The quantitative estimate of drug-likeness (QED) is 0.783. The van der Waals surface area contributed by atoms with Crippen molar-refractivity contribution in [1.29, 1.82) is 0 Å². The number of rotatable bonds is 8. The Hall–Kier alpha value is -2.24. The lowest BCUT2D eigenvalue weighted by molar-refractivity contribution is -0.132. The molecule has 1 saturated heterocycles. The van der Waals surface area contributed by atoms with Crippen molar-refractivity contribution in [3.8, 4) is 11.5 Å². The number of hydrogen-bond donors (Lipinski definition) is 1. The first kappa shape index (κ1) is 19.1. The second kappa shape index (κ2) is 9.91. The van der Waals surface area contributed by atoms with E-state index >= 15 is 0 Å². The maximum Gasteiger partial charge on any atom is 0.258 e.